The molecule has 1 heterocycles. The first-order valence-electron chi connectivity index (χ1n) is 10.1. The van der Waals surface area contributed by atoms with E-state index in [4.69, 9.17) is 25.5 Å². The monoisotopic (exact) mass is 450 g/mol. The molecule has 1 aromatic heterocycles. The number of hydrogen-bond acceptors (Lipinski definition) is 5. The molecule has 0 atom stereocenters. The number of benzene rings is 3. The number of oxazole rings is 1. The summed E-state index contributed by atoms with van der Waals surface area (Å²) >= 11 is 6.35. The van der Waals surface area contributed by atoms with Gasteiger partial charge in [0.25, 0.3) is 5.91 Å². The van der Waals surface area contributed by atoms with Gasteiger partial charge in [-0.15, -0.1) is 0 Å². The Morgan fingerprint density at radius 3 is 2.56 bits per heavy atom. The fourth-order valence-corrected chi connectivity index (χ4v) is 3.52. The van der Waals surface area contributed by atoms with Crippen molar-refractivity contribution >= 4 is 34.3 Å². The highest BCUT2D eigenvalue weighted by Crippen LogP contribution is 2.32. The van der Waals surface area contributed by atoms with Crippen molar-refractivity contribution in [1.82, 2.24) is 4.98 Å². The molecule has 1 N–H and O–H groups in total. The number of methoxy groups -OCH3 is 2. The van der Waals surface area contributed by atoms with Gasteiger partial charge in [-0.05, 0) is 53.9 Å². The van der Waals surface area contributed by atoms with Crippen molar-refractivity contribution in [3.63, 3.8) is 0 Å². The number of nitrogens with zero attached hydrogens (tertiary/aromatic N) is 1. The molecule has 164 valence electrons. The lowest BCUT2D eigenvalue weighted by Crippen LogP contribution is -2.13. The minimum absolute atomic E-state index is 0.359. The number of ether oxygens (including phenoxy) is 2. The van der Waals surface area contributed by atoms with E-state index in [9.17, 15) is 4.79 Å². The molecule has 0 aliphatic carbocycles. The second-order valence-corrected chi connectivity index (χ2v) is 8.02. The van der Waals surface area contributed by atoms with E-state index >= 15 is 0 Å². The van der Waals surface area contributed by atoms with Gasteiger partial charge in [0, 0.05) is 11.6 Å². The lowest BCUT2D eigenvalue weighted by atomic mass is 10.0. The van der Waals surface area contributed by atoms with Gasteiger partial charge in [-0.3, -0.25) is 4.79 Å². The fraction of sp³-hybridized carbons (Fsp3) is 0.200. The Hall–Kier alpha value is -3.51. The highest BCUT2D eigenvalue weighted by atomic mass is 35.5. The van der Waals surface area contributed by atoms with E-state index in [1.165, 1.54) is 12.7 Å². The van der Waals surface area contributed by atoms with Gasteiger partial charge in [-0.25, -0.2) is 4.98 Å². The zero-order valence-corrected chi connectivity index (χ0v) is 19.0. The molecule has 0 spiro atoms. The zero-order chi connectivity index (χ0) is 22.8. The molecule has 0 bridgehead atoms. The normalized spacial score (nSPS) is 11.1. The quantitative estimate of drug-likeness (QED) is 0.361. The first kappa shape index (κ1) is 21.7. The third-order valence-corrected chi connectivity index (χ3v) is 5.52. The van der Waals surface area contributed by atoms with E-state index in [0.717, 1.165) is 5.52 Å². The van der Waals surface area contributed by atoms with Crippen molar-refractivity contribution in [3.05, 3.63) is 70.7 Å². The SMILES string of the molecule is COc1ccc(C(=O)Nc2cc(-c3nc4cc(C(C)C)ccc4o3)ccc2Cl)c(OC)c1. The van der Waals surface area contributed by atoms with Crippen LogP contribution in [0.25, 0.3) is 22.6 Å². The standard InChI is InChI=1S/C25H23ClN2O4/c1-14(2)15-6-10-22-21(11-15)28-25(32-22)16-5-9-19(26)20(12-16)27-24(29)18-8-7-17(30-3)13-23(18)31-4/h5-14H,1-4H3,(H,27,29). The van der Waals surface area contributed by atoms with Crippen LogP contribution in [0.5, 0.6) is 11.5 Å². The van der Waals surface area contributed by atoms with Crippen LogP contribution in [0.3, 0.4) is 0 Å². The fourth-order valence-electron chi connectivity index (χ4n) is 3.36. The number of carbonyl (C=O) groups is 1. The Morgan fingerprint density at radius 2 is 1.84 bits per heavy atom. The van der Waals surface area contributed by atoms with E-state index in [2.05, 4.69) is 24.1 Å². The first-order valence-corrected chi connectivity index (χ1v) is 10.5. The van der Waals surface area contributed by atoms with Crippen LogP contribution < -0.4 is 14.8 Å². The molecule has 0 radical (unpaired) electrons. The van der Waals surface area contributed by atoms with Crippen molar-refractivity contribution in [2.45, 2.75) is 19.8 Å². The van der Waals surface area contributed by atoms with Gasteiger partial charge < -0.3 is 19.2 Å². The van der Waals surface area contributed by atoms with Crippen molar-refractivity contribution in [3.8, 4) is 23.0 Å². The molecule has 0 unspecified atom stereocenters. The molecule has 1 amide bonds. The van der Waals surface area contributed by atoms with E-state index in [-0.39, 0.29) is 5.91 Å². The van der Waals surface area contributed by atoms with Gasteiger partial charge in [0.2, 0.25) is 5.89 Å². The van der Waals surface area contributed by atoms with Gasteiger partial charge >= 0.3 is 0 Å². The van der Waals surface area contributed by atoms with E-state index in [1.807, 2.05) is 18.2 Å². The van der Waals surface area contributed by atoms with Gasteiger partial charge in [0.15, 0.2) is 5.58 Å². The molecule has 4 rings (SSSR count). The number of hydrogen-bond donors (Lipinski definition) is 1. The molecule has 0 aliphatic heterocycles. The molecule has 6 nitrogen and oxygen atoms in total. The minimum Gasteiger partial charge on any atom is -0.497 e. The molecule has 4 aromatic rings. The Labute approximate surface area is 191 Å². The zero-order valence-electron chi connectivity index (χ0n) is 18.2. The number of anilines is 1. The number of aromatic nitrogens is 1. The van der Waals surface area contributed by atoms with Crippen LogP contribution in [0.2, 0.25) is 5.02 Å². The van der Waals surface area contributed by atoms with E-state index in [0.29, 0.717) is 50.7 Å². The van der Waals surface area contributed by atoms with Gasteiger partial charge in [0.1, 0.15) is 17.0 Å². The Kier molecular flexibility index (Phi) is 6.06. The smallest absolute Gasteiger partial charge is 0.259 e. The first-order chi connectivity index (χ1) is 15.4. The summed E-state index contributed by atoms with van der Waals surface area (Å²) in [5.74, 6) is 1.48. The van der Waals surface area contributed by atoms with Crippen LogP contribution in [0.15, 0.2) is 59.0 Å². The topological polar surface area (TPSA) is 73.6 Å². The average Bonchev–Trinajstić information content (AvgIpc) is 3.23. The summed E-state index contributed by atoms with van der Waals surface area (Å²) in [6.07, 6.45) is 0. The third-order valence-electron chi connectivity index (χ3n) is 5.19. The Balaban J connectivity index is 1.65. The number of amides is 1. The van der Waals surface area contributed by atoms with Crippen LogP contribution in [0.1, 0.15) is 35.7 Å². The summed E-state index contributed by atoms with van der Waals surface area (Å²) in [4.78, 5) is 17.5. The van der Waals surface area contributed by atoms with Gasteiger partial charge in [-0.2, -0.15) is 0 Å². The number of rotatable bonds is 6. The lowest BCUT2D eigenvalue weighted by molar-refractivity contribution is 0.102. The summed E-state index contributed by atoms with van der Waals surface area (Å²) in [6, 6.07) is 16.2. The van der Waals surface area contributed by atoms with Crippen molar-refractivity contribution < 1.29 is 18.7 Å². The Morgan fingerprint density at radius 1 is 1.03 bits per heavy atom. The average molecular weight is 451 g/mol. The van der Waals surface area contributed by atoms with Crippen LogP contribution in [-0.4, -0.2) is 25.1 Å². The largest absolute Gasteiger partial charge is 0.497 e. The van der Waals surface area contributed by atoms with Crippen molar-refractivity contribution in [2.75, 3.05) is 19.5 Å². The second-order valence-electron chi connectivity index (χ2n) is 7.62. The summed E-state index contributed by atoms with van der Waals surface area (Å²) in [7, 11) is 3.05. The molecule has 0 fully saturated rings. The van der Waals surface area contributed by atoms with Crippen LogP contribution in [-0.2, 0) is 0 Å². The predicted molar refractivity (Wildman–Crippen MR) is 126 cm³/mol. The number of halogens is 1. The number of fused-ring (bicyclic) bond motifs is 1. The van der Waals surface area contributed by atoms with Crippen LogP contribution in [0, 0.1) is 0 Å². The second kappa shape index (κ2) is 8.93. The molecule has 3 aromatic carbocycles. The molecule has 0 saturated heterocycles. The molecular formula is C25H23ClN2O4. The molecule has 0 saturated carbocycles. The van der Waals surface area contributed by atoms with Crippen LogP contribution >= 0.6 is 11.6 Å². The van der Waals surface area contributed by atoms with Gasteiger partial charge in [-0.1, -0.05) is 31.5 Å². The predicted octanol–water partition coefficient (Wildman–Crippen LogP) is 6.54. The maximum absolute atomic E-state index is 12.9. The summed E-state index contributed by atoms with van der Waals surface area (Å²) < 4.78 is 16.5. The van der Waals surface area contributed by atoms with E-state index in [1.54, 1.807) is 43.5 Å². The highest BCUT2D eigenvalue weighted by Gasteiger charge is 2.17. The third kappa shape index (κ3) is 4.27. The maximum atomic E-state index is 12.9. The Bertz CT molecular complexity index is 1300. The minimum atomic E-state index is -0.359. The summed E-state index contributed by atoms with van der Waals surface area (Å²) in [6.45, 7) is 4.27. The maximum Gasteiger partial charge on any atom is 0.259 e. The number of carbonyl (C=O) groups excluding carboxylic acids is 1. The molecule has 7 heteroatoms. The van der Waals surface area contributed by atoms with Crippen molar-refractivity contribution in [2.24, 2.45) is 0 Å². The molecular weight excluding hydrogens is 428 g/mol. The summed E-state index contributed by atoms with van der Waals surface area (Å²) in [5.41, 5.74) is 4.18. The highest BCUT2D eigenvalue weighted by molar-refractivity contribution is 6.34. The molecule has 32 heavy (non-hydrogen) atoms. The summed E-state index contributed by atoms with van der Waals surface area (Å²) in [5, 5.41) is 3.24. The van der Waals surface area contributed by atoms with Crippen LogP contribution in [0.4, 0.5) is 5.69 Å². The van der Waals surface area contributed by atoms with Gasteiger partial charge in [0.05, 0.1) is 30.5 Å². The molecule has 0 aliphatic rings. The lowest BCUT2D eigenvalue weighted by Gasteiger charge is -2.12. The van der Waals surface area contributed by atoms with Crippen molar-refractivity contribution in [1.29, 1.82) is 0 Å². The van der Waals surface area contributed by atoms with E-state index < -0.39 is 0 Å². The number of nitrogens with one attached hydrogen (secondary N) is 1.